The zero-order chi connectivity index (χ0) is 21.1. The van der Waals surface area contributed by atoms with E-state index in [0.29, 0.717) is 33.1 Å². The lowest BCUT2D eigenvalue weighted by molar-refractivity contribution is 0.0595. The zero-order valence-corrected chi connectivity index (χ0v) is 16.7. The first kappa shape index (κ1) is 19.8. The second kappa shape index (κ2) is 8.46. The highest BCUT2D eigenvalue weighted by Gasteiger charge is 2.15. The lowest BCUT2D eigenvalue weighted by atomic mass is 10.1. The van der Waals surface area contributed by atoms with Crippen molar-refractivity contribution in [2.75, 3.05) is 7.11 Å². The quantitative estimate of drug-likeness (QED) is 0.276. The van der Waals surface area contributed by atoms with Gasteiger partial charge in [0.05, 0.1) is 35.5 Å². The average molecular weight is 421 g/mol. The van der Waals surface area contributed by atoms with E-state index in [-0.39, 0.29) is 11.1 Å². The van der Waals surface area contributed by atoms with Crippen LogP contribution < -0.4 is 5.56 Å². The summed E-state index contributed by atoms with van der Waals surface area (Å²) in [6.45, 7) is 0. The largest absolute Gasteiger partial charge is 0.465 e. The molecule has 0 bridgehead atoms. The molecule has 2 aromatic heterocycles. The molecule has 30 heavy (non-hydrogen) atoms. The Morgan fingerprint density at radius 3 is 2.73 bits per heavy atom. The van der Waals surface area contributed by atoms with Crippen LogP contribution in [0.3, 0.4) is 0 Å². The summed E-state index contributed by atoms with van der Waals surface area (Å²) in [5, 5.41) is 0.961. The summed E-state index contributed by atoms with van der Waals surface area (Å²) in [6.07, 6.45) is 3.22. The predicted octanol–water partition coefficient (Wildman–Crippen LogP) is 4.00. The number of ether oxygens (including phenoxy) is 1. The van der Waals surface area contributed by atoms with E-state index >= 15 is 0 Å². The summed E-state index contributed by atoms with van der Waals surface area (Å²) in [5.74, 6) is -1.03. The van der Waals surface area contributed by atoms with Crippen LogP contribution in [0.15, 0.2) is 76.9 Å². The summed E-state index contributed by atoms with van der Waals surface area (Å²) in [7, 11) is 1.20. The highest BCUT2D eigenvalue weighted by Crippen LogP contribution is 2.25. The Morgan fingerprint density at radius 2 is 2.00 bits per heavy atom. The lowest BCUT2D eigenvalue weighted by Gasteiger charge is -2.13. The maximum absolute atomic E-state index is 14.2. The molecule has 0 saturated carbocycles. The van der Waals surface area contributed by atoms with Gasteiger partial charge >= 0.3 is 5.97 Å². The minimum atomic E-state index is -0.728. The van der Waals surface area contributed by atoms with Gasteiger partial charge in [-0.2, -0.15) is 0 Å². The SMILES string of the molecule is COC(=O)c1ccc(CSc2nc3ccccc3c(=O)n2-c2cccnc2)cc1F. The van der Waals surface area contributed by atoms with Gasteiger partial charge < -0.3 is 4.74 Å². The Kier molecular flexibility index (Phi) is 5.58. The molecule has 4 rings (SSSR count). The van der Waals surface area contributed by atoms with Crippen molar-refractivity contribution >= 4 is 28.6 Å². The minimum Gasteiger partial charge on any atom is -0.465 e. The first-order valence-corrected chi connectivity index (χ1v) is 9.99. The Hall–Kier alpha value is -3.52. The monoisotopic (exact) mass is 421 g/mol. The van der Waals surface area contributed by atoms with E-state index < -0.39 is 11.8 Å². The summed E-state index contributed by atoms with van der Waals surface area (Å²) in [4.78, 5) is 33.4. The number of rotatable bonds is 5. The van der Waals surface area contributed by atoms with Gasteiger partial charge in [0.2, 0.25) is 0 Å². The third-order valence-corrected chi connectivity index (χ3v) is 5.47. The maximum Gasteiger partial charge on any atom is 0.340 e. The lowest BCUT2D eigenvalue weighted by Crippen LogP contribution is -2.21. The molecule has 0 atom stereocenters. The summed E-state index contributed by atoms with van der Waals surface area (Å²) in [5.41, 5.74) is 1.49. The molecular weight excluding hydrogens is 405 g/mol. The molecule has 150 valence electrons. The number of hydrogen-bond acceptors (Lipinski definition) is 6. The van der Waals surface area contributed by atoms with Gasteiger partial charge in [-0.25, -0.2) is 14.2 Å². The van der Waals surface area contributed by atoms with E-state index in [9.17, 15) is 14.0 Å². The number of aromatic nitrogens is 3. The van der Waals surface area contributed by atoms with Gasteiger partial charge in [-0.15, -0.1) is 0 Å². The fourth-order valence-electron chi connectivity index (χ4n) is 2.99. The Balaban J connectivity index is 1.73. The van der Waals surface area contributed by atoms with Gasteiger partial charge in [-0.1, -0.05) is 30.0 Å². The molecular formula is C22H16FN3O3S. The number of fused-ring (bicyclic) bond motifs is 1. The molecule has 0 spiro atoms. The van der Waals surface area contributed by atoms with E-state index in [1.165, 1.54) is 35.6 Å². The maximum atomic E-state index is 14.2. The average Bonchev–Trinajstić information content (AvgIpc) is 2.78. The van der Waals surface area contributed by atoms with Gasteiger partial charge in [0.1, 0.15) is 5.82 Å². The third-order valence-electron chi connectivity index (χ3n) is 4.46. The fourth-order valence-corrected chi connectivity index (χ4v) is 3.95. The van der Waals surface area contributed by atoms with Crippen molar-refractivity contribution in [2.45, 2.75) is 10.9 Å². The van der Waals surface area contributed by atoms with Crippen LogP contribution in [0.1, 0.15) is 15.9 Å². The smallest absolute Gasteiger partial charge is 0.340 e. The number of hydrogen-bond donors (Lipinski definition) is 0. The van der Waals surface area contributed by atoms with E-state index in [4.69, 9.17) is 0 Å². The van der Waals surface area contributed by atoms with Crippen molar-refractivity contribution in [2.24, 2.45) is 0 Å². The molecule has 0 amide bonds. The number of pyridine rings is 1. The van der Waals surface area contributed by atoms with Crippen molar-refractivity contribution in [3.05, 3.63) is 94.3 Å². The van der Waals surface area contributed by atoms with Crippen LogP contribution >= 0.6 is 11.8 Å². The molecule has 8 heteroatoms. The van der Waals surface area contributed by atoms with Crippen molar-refractivity contribution in [1.82, 2.24) is 14.5 Å². The van der Waals surface area contributed by atoms with E-state index in [0.717, 1.165) is 0 Å². The third kappa shape index (κ3) is 3.81. The zero-order valence-electron chi connectivity index (χ0n) is 15.9. The first-order valence-electron chi connectivity index (χ1n) is 9.00. The normalized spacial score (nSPS) is 10.9. The topological polar surface area (TPSA) is 74.1 Å². The molecule has 4 aromatic rings. The first-order chi connectivity index (χ1) is 14.6. The summed E-state index contributed by atoms with van der Waals surface area (Å²) < 4.78 is 20.3. The van der Waals surface area contributed by atoms with Crippen LogP contribution in [0.2, 0.25) is 0 Å². The molecule has 0 aliphatic heterocycles. The van der Waals surface area contributed by atoms with Gasteiger partial charge in [0, 0.05) is 11.9 Å². The number of esters is 1. The standard InChI is InChI=1S/C22H16FN3O3S/c1-29-21(28)16-9-8-14(11-18(16)23)13-30-22-25-19-7-3-2-6-17(19)20(27)26(22)15-5-4-10-24-12-15/h2-12H,13H2,1H3. The number of carbonyl (C=O) groups is 1. The van der Waals surface area contributed by atoms with Crippen molar-refractivity contribution < 1.29 is 13.9 Å². The molecule has 0 fully saturated rings. The van der Waals surface area contributed by atoms with Gasteiger partial charge in [0.25, 0.3) is 5.56 Å². The molecule has 2 heterocycles. The number of benzene rings is 2. The van der Waals surface area contributed by atoms with Crippen LogP contribution in [0.25, 0.3) is 16.6 Å². The van der Waals surface area contributed by atoms with Crippen LogP contribution in [0.4, 0.5) is 4.39 Å². The summed E-state index contributed by atoms with van der Waals surface area (Å²) >= 11 is 1.29. The van der Waals surface area contributed by atoms with Gasteiger partial charge in [-0.3, -0.25) is 14.3 Å². The van der Waals surface area contributed by atoms with Gasteiger partial charge in [-0.05, 0) is 42.0 Å². The van der Waals surface area contributed by atoms with Crippen LogP contribution in [0.5, 0.6) is 0 Å². The van der Waals surface area contributed by atoms with Gasteiger partial charge in [0.15, 0.2) is 5.16 Å². The second-order valence-corrected chi connectivity index (χ2v) is 7.30. The number of carbonyl (C=O) groups excluding carboxylic acids is 1. The number of methoxy groups -OCH3 is 1. The van der Waals surface area contributed by atoms with Crippen molar-refractivity contribution in [3.8, 4) is 5.69 Å². The molecule has 0 saturated heterocycles. The highest BCUT2D eigenvalue weighted by atomic mass is 32.2. The molecule has 6 nitrogen and oxygen atoms in total. The van der Waals surface area contributed by atoms with Crippen molar-refractivity contribution in [3.63, 3.8) is 0 Å². The van der Waals surface area contributed by atoms with Crippen LogP contribution in [-0.4, -0.2) is 27.6 Å². The predicted molar refractivity (Wildman–Crippen MR) is 112 cm³/mol. The van der Waals surface area contributed by atoms with E-state index in [1.807, 2.05) is 6.07 Å². The molecule has 0 N–H and O–H groups in total. The Morgan fingerprint density at radius 1 is 1.17 bits per heavy atom. The van der Waals surface area contributed by atoms with E-state index in [1.54, 1.807) is 48.8 Å². The molecule has 0 unspecified atom stereocenters. The van der Waals surface area contributed by atoms with Crippen LogP contribution in [0, 0.1) is 5.82 Å². The molecule has 0 aliphatic carbocycles. The molecule has 2 aromatic carbocycles. The minimum absolute atomic E-state index is 0.123. The number of thioether (sulfide) groups is 1. The Bertz CT molecular complexity index is 1290. The number of para-hydroxylation sites is 1. The number of nitrogens with zero attached hydrogens (tertiary/aromatic N) is 3. The summed E-state index contributed by atoms with van der Waals surface area (Å²) in [6, 6.07) is 15.0. The number of halogens is 1. The van der Waals surface area contributed by atoms with Crippen LogP contribution in [-0.2, 0) is 10.5 Å². The fraction of sp³-hybridized carbons (Fsp3) is 0.0909. The molecule has 0 aliphatic rings. The molecule has 0 radical (unpaired) electrons. The highest BCUT2D eigenvalue weighted by molar-refractivity contribution is 7.98. The van der Waals surface area contributed by atoms with Crippen molar-refractivity contribution in [1.29, 1.82) is 0 Å². The second-order valence-electron chi connectivity index (χ2n) is 6.36. The van der Waals surface area contributed by atoms with E-state index in [2.05, 4.69) is 14.7 Å². The Labute approximate surface area is 175 Å².